The Labute approximate surface area is 144 Å². The van der Waals surface area contributed by atoms with Gasteiger partial charge in [0.05, 0.1) is 30.1 Å². The molecule has 11 heteroatoms. The first-order valence-corrected chi connectivity index (χ1v) is 7.29. The van der Waals surface area contributed by atoms with Crippen molar-refractivity contribution < 1.29 is 31.9 Å². The Hall–Kier alpha value is -2.69. The van der Waals surface area contributed by atoms with Gasteiger partial charge in [0, 0.05) is 7.05 Å². The summed E-state index contributed by atoms with van der Waals surface area (Å²) in [5, 5.41) is 17.5. The molecule has 0 spiro atoms. The Balaban J connectivity index is 2.09. The molecule has 0 aliphatic heterocycles. The zero-order valence-electron chi connectivity index (χ0n) is 13.4. The van der Waals surface area contributed by atoms with Crippen LogP contribution in [0.4, 0.5) is 32.4 Å². The van der Waals surface area contributed by atoms with Crippen LogP contribution in [0.15, 0.2) is 30.5 Å². The number of benzene rings is 1. The van der Waals surface area contributed by atoms with E-state index in [0.29, 0.717) is 0 Å². The summed E-state index contributed by atoms with van der Waals surface area (Å²) in [5.41, 5.74) is -1.38. The number of hydrogen-bond acceptors (Lipinski definition) is 3. The van der Waals surface area contributed by atoms with Gasteiger partial charge in [-0.3, -0.25) is 4.68 Å². The minimum Gasteiger partial charge on any atom is -0.394 e. The van der Waals surface area contributed by atoms with Crippen LogP contribution in [-0.4, -0.2) is 27.5 Å². The van der Waals surface area contributed by atoms with Crippen LogP contribution in [0.3, 0.4) is 0 Å². The molecule has 142 valence electrons. The number of carbonyl (C=O) groups excluding carboxylic acids is 1. The molecule has 1 aromatic carbocycles. The van der Waals surface area contributed by atoms with Crippen LogP contribution in [-0.2, 0) is 13.2 Å². The molecule has 0 radical (unpaired) electrons. The van der Waals surface area contributed by atoms with E-state index < -0.39 is 42.5 Å². The second kappa shape index (κ2) is 7.68. The van der Waals surface area contributed by atoms with Gasteiger partial charge in [-0.15, -0.1) is 0 Å². The molecule has 6 nitrogen and oxygen atoms in total. The molecule has 26 heavy (non-hydrogen) atoms. The van der Waals surface area contributed by atoms with E-state index in [9.17, 15) is 31.9 Å². The van der Waals surface area contributed by atoms with Gasteiger partial charge in [-0.05, 0) is 17.7 Å². The number of urea groups is 1. The fourth-order valence-electron chi connectivity index (χ4n) is 2.26. The van der Waals surface area contributed by atoms with E-state index in [1.807, 2.05) is 0 Å². The number of aromatic nitrogens is 2. The van der Waals surface area contributed by atoms with Gasteiger partial charge in [-0.1, -0.05) is 12.1 Å². The zero-order valence-corrected chi connectivity index (χ0v) is 13.4. The summed E-state index contributed by atoms with van der Waals surface area (Å²) in [6, 6.07) is 1.90. The van der Waals surface area contributed by atoms with Crippen LogP contribution in [0, 0.1) is 0 Å². The van der Waals surface area contributed by atoms with Crippen molar-refractivity contribution in [1.82, 2.24) is 15.1 Å². The van der Waals surface area contributed by atoms with Crippen molar-refractivity contribution in [3.8, 4) is 0 Å². The third-order valence-electron chi connectivity index (χ3n) is 3.57. The number of halogens is 5. The van der Waals surface area contributed by atoms with Crippen molar-refractivity contribution in [3.63, 3.8) is 0 Å². The molecule has 1 heterocycles. The minimum atomic E-state index is -4.51. The molecule has 1 aromatic heterocycles. The number of aliphatic hydroxyl groups is 1. The number of nitrogens with one attached hydrogen (secondary N) is 2. The maximum absolute atomic E-state index is 12.9. The molecule has 0 aliphatic rings. The van der Waals surface area contributed by atoms with Gasteiger partial charge < -0.3 is 15.7 Å². The molecule has 2 aromatic rings. The fraction of sp³-hybridized carbons (Fsp3) is 0.333. The minimum absolute atomic E-state index is 0.218. The maximum atomic E-state index is 12.9. The van der Waals surface area contributed by atoms with E-state index >= 15 is 0 Å². The number of aryl methyl sites for hydroxylation is 1. The molecular weight excluding hydrogens is 363 g/mol. The van der Waals surface area contributed by atoms with Gasteiger partial charge in [0.2, 0.25) is 0 Å². The number of nitrogens with zero attached hydrogens (tertiary/aromatic N) is 2. The smallest absolute Gasteiger partial charge is 0.394 e. The lowest BCUT2D eigenvalue weighted by molar-refractivity contribution is -0.137. The van der Waals surface area contributed by atoms with E-state index in [2.05, 4.69) is 15.7 Å². The first kappa shape index (κ1) is 19.6. The monoisotopic (exact) mass is 378 g/mol. The molecule has 1 atom stereocenters. The van der Waals surface area contributed by atoms with Crippen LogP contribution in [0.25, 0.3) is 0 Å². The first-order valence-electron chi connectivity index (χ1n) is 7.29. The van der Waals surface area contributed by atoms with Crippen molar-refractivity contribution in [2.24, 2.45) is 7.05 Å². The number of hydrogen-bond donors (Lipinski definition) is 3. The van der Waals surface area contributed by atoms with Crippen molar-refractivity contribution in [2.75, 3.05) is 11.9 Å². The third kappa shape index (κ3) is 4.48. The lowest BCUT2D eigenvalue weighted by Crippen LogP contribution is -2.34. The Bertz CT molecular complexity index is 758. The highest BCUT2D eigenvalue weighted by atomic mass is 19.4. The normalized spacial score (nSPS) is 12.9. The van der Waals surface area contributed by atoms with Gasteiger partial charge in [-0.2, -0.15) is 18.3 Å². The summed E-state index contributed by atoms with van der Waals surface area (Å²) in [6.07, 6.45) is -6.35. The average molecular weight is 378 g/mol. The highest BCUT2D eigenvalue weighted by Gasteiger charge is 2.30. The van der Waals surface area contributed by atoms with E-state index in [1.54, 1.807) is 0 Å². The second-order valence-corrected chi connectivity index (χ2v) is 5.32. The standard InChI is InChI=1S/C15H15F5N4O2/c1-24-12(13(16)17)10(6-21-24)22-14(26)23-11(7-25)8-2-4-9(5-3-8)15(18,19)20/h2-6,11,13,25H,7H2,1H3,(H2,22,23,26). The van der Waals surface area contributed by atoms with Crippen LogP contribution in [0.1, 0.15) is 29.3 Å². The van der Waals surface area contributed by atoms with E-state index in [0.717, 1.165) is 35.1 Å². The molecule has 2 rings (SSSR count). The van der Waals surface area contributed by atoms with E-state index in [1.165, 1.54) is 7.05 Å². The lowest BCUT2D eigenvalue weighted by atomic mass is 10.1. The first-order chi connectivity index (χ1) is 12.1. The summed E-state index contributed by atoms with van der Waals surface area (Å²) in [6.45, 7) is -0.604. The molecule has 0 aliphatic carbocycles. The Morgan fingerprint density at radius 3 is 2.38 bits per heavy atom. The molecule has 0 saturated carbocycles. The number of amides is 2. The predicted octanol–water partition coefficient (Wildman–Crippen LogP) is 3.23. The molecular formula is C15H15F5N4O2. The van der Waals surface area contributed by atoms with Gasteiger partial charge in [0.25, 0.3) is 6.43 Å². The van der Waals surface area contributed by atoms with Crippen molar-refractivity contribution in [2.45, 2.75) is 18.6 Å². The third-order valence-corrected chi connectivity index (χ3v) is 3.57. The molecule has 0 bridgehead atoms. The summed E-state index contributed by atoms with van der Waals surface area (Å²) in [5.74, 6) is 0. The maximum Gasteiger partial charge on any atom is 0.416 e. The SMILES string of the molecule is Cn1ncc(NC(=O)NC(CO)c2ccc(C(F)(F)F)cc2)c1C(F)F. The van der Waals surface area contributed by atoms with Crippen molar-refractivity contribution in [3.05, 3.63) is 47.3 Å². The fourth-order valence-corrected chi connectivity index (χ4v) is 2.26. The van der Waals surface area contributed by atoms with Gasteiger partial charge in [0.1, 0.15) is 5.69 Å². The molecule has 0 fully saturated rings. The number of anilines is 1. The topological polar surface area (TPSA) is 79.2 Å². The summed E-state index contributed by atoms with van der Waals surface area (Å²) >= 11 is 0. The molecule has 1 unspecified atom stereocenters. The van der Waals surface area contributed by atoms with Crippen molar-refractivity contribution >= 4 is 11.7 Å². The summed E-state index contributed by atoms with van der Waals surface area (Å²) < 4.78 is 64.5. The second-order valence-electron chi connectivity index (χ2n) is 5.32. The van der Waals surface area contributed by atoms with Crippen LogP contribution >= 0.6 is 0 Å². The van der Waals surface area contributed by atoms with Gasteiger partial charge in [0.15, 0.2) is 0 Å². The number of aliphatic hydroxyl groups excluding tert-OH is 1. The van der Waals surface area contributed by atoms with E-state index in [-0.39, 0.29) is 11.3 Å². The van der Waals surface area contributed by atoms with Crippen molar-refractivity contribution in [1.29, 1.82) is 0 Å². The van der Waals surface area contributed by atoms with Crippen LogP contribution < -0.4 is 10.6 Å². The average Bonchev–Trinajstić information content (AvgIpc) is 2.92. The Kier molecular flexibility index (Phi) is 5.80. The molecule has 2 amide bonds. The number of rotatable bonds is 5. The summed E-state index contributed by atoms with van der Waals surface area (Å²) in [4.78, 5) is 12.0. The van der Waals surface area contributed by atoms with Gasteiger partial charge >= 0.3 is 12.2 Å². The highest BCUT2D eigenvalue weighted by Crippen LogP contribution is 2.30. The largest absolute Gasteiger partial charge is 0.416 e. The number of carbonyl (C=O) groups is 1. The quantitative estimate of drug-likeness (QED) is 0.699. The van der Waals surface area contributed by atoms with E-state index in [4.69, 9.17) is 0 Å². The summed E-state index contributed by atoms with van der Waals surface area (Å²) in [7, 11) is 1.28. The highest BCUT2D eigenvalue weighted by molar-refractivity contribution is 5.90. The number of alkyl halides is 5. The zero-order chi connectivity index (χ0) is 19.5. The lowest BCUT2D eigenvalue weighted by Gasteiger charge is -2.18. The Morgan fingerprint density at radius 1 is 1.27 bits per heavy atom. The Morgan fingerprint density at radius 2 is 1.88 bits per heavy atom. The van der Waals surface area contributed by atoms with Crippen LogP contribution in [0.2, 0.25) is 0 Å². The van der Waals surface area contributed by atoms with Crippen LogP contribution in [0.5, 0.6) is 0 Å². The predicted molar refractivity (Wildman–Crippen MR) is 81.6 cm³/mol. The van der Waals surface area contributed by atoms with Gasteiger partial charge in [-0.25, -0.2) is 13.6 Å². The molecule has 0 saturated heterocycles. The molecule has 3 N–H and O–H groups in total.